The number of rotatable bonds is 6. The summed E-state index contributed by atoms with van der Waals surface area (Å²) in [7, 11) is 0. The zero-order chi connectivity index (χ0) is 24.7. The van der Waals surface area contributed by atoms with Crippen LogP contribution in [0.15, 0.2) is 48.7 Å². The molecule has 34 heavy (non-hydrogen) atoms. The third kappa shape index (κ3) is 6.97. The van der Waals surface area contributed by atoms with Gasteiger partial charge in [0.05, 0.1) is 6.61 Å². The predicted octanol–water partition coefficient (Wildman–Crippen LogP) is 4.89. The smallest absolute Gasteiger partial charge is 0.410 e. The molecule has 1 N–H and O–H groups in total. The van der Waals surface area contributed by atoms with Crippen molar-refractivity contribution in [3.8, 4) is 0 Å². The van der Waals surface area contributed by atoms with Gasteiger partial charge >= 0.3 is 12.1 Å². The first-order valence-corrected chi connectivity index (χ1v) is 11.6. The molecule has 0 unspecified atom stereocenters. The zero-order valence-corrected chi connectivity index (χ0v) is 20.2. The molecule has 1 saturated heterocycles. The van der Waals surface area contributed by atoms with Gasteiger partial charge in [-0.1, -0.05) is 12.1 Å². The number of carbonyl (C=O) groups is 3. The lowest BCUT2D eigenvalue weighted by Gasteiger charge is -2.34. The molecule has 1 aromatic heterocycles. The highest BCUT2D eigenvalue weighted by atomic mass is 16.6. The van der Waals surface area contributed by atoms with Crippen molar-refractivity contribution in [2.75, 3.05) is 25.0 Å². The number of benzene rings is 1. The van der Waals surface area contributed by atoms with Crippen LogP contribution in [0.5, 0.6) is 0 Å². The second-order valence-electron chi connectivity index (χ2n) is 9.16. The maximum atomic E-state index is 12.9. The molecule has 8 heteroatoms. The van der Waals surface area contributed by atoms with Crippen LogP contribution in [0.1, 0.15) is 62.6 Å². The summed E-state index contributed by atoms with van der Waals surface area (Å²) in [6.07, 6.45) is 6.14. The Hall–Kier alpha value is -3.55. The molecule has 0 atom stereocenters. The van der Waals surface area contributed by atoms with E-state index in [1.807, 2.05) is 49.7 Å². The van der Waals surface area contributed by atoms with E-state index in [9.17, 15) is 14.4 Å². The van der Waals surface area contributed by atoms with Crippen LogP contribution in [0, 0.1) is 0 Å². The zero-order valence-electron chi connectivity index (χ0n) is 20.2. The average molecular weight is 468 g/mol. The summed E-state index contributed by atoms with van der Waals surface area (Å²) < 4.78 is 12.3. The van der Waals surface area contributed by atoms with Crippen LogP contribution in [-0.4, -0.2) is 52.7 Å². The Bertz CT molecular complexity index is 1030. The molecule has 1 fully saturated rings. The number of hydrogen-bond acceptors (Lipinski definition) is 5. The number of aromatic nitrogens is 1. The molecule has 0 aliphatic carbocycles. The van der Waals surface area contributed by atoms with Crippen molar-refractivity contribution in [3.05, 3.63) is 59.9 Å². The van der Waals surface area contributed by atoms with Gasteiger partial charge in [-0.05, 0) is 76.4 Å². The Balaban J connectivity index is 1.58. The maximum absolute atomic E-state index is 12.9. The van der Waals surface area contributed by atoms with E-state index in [1.54, 1.807) is 36.1 Å². The summed E-state index contributed by atoms with van der Waals surface area (Å²) in [6, 6.07) is 11.0. The lowest BCUT2D eigenvalue weighted by atomic mass is 10.0. The highest BCUT2D eigenvalue weighted by Crippen LogP contribution is 2.26. The fourth-order valence-electron chi connectivity index (χ4n) is 3.79. The second-order valence-corrected chi connectivity index (χ2v) is 9.16. The number of ether oxygens (including phenoxy) is 2. The lowest BCUT2D eigenvalue weighted by Crippen LogP contribution is -2.42. The molecule has 0 bridgehead atoms. The number of carbonyl (C=O) groups excluding carboxylic acids is 3. The van der Waals surface area contributed by atoms with Gasteiger partial charge in [-0.2, -0.15) is 0 Å². The van der Waals surface area contributed by atoms with E-state index in [0.717, 1.165) is 18.4 Å². The van der Waals surface area contributed by atoms with Crippen molar-refractivity contribution >= 4 is 29.7 Å². The first-order chi connectivity index (χ1) is 16.2. The Morgan fingerprint density at radius 3 is 2.38 bits per heavy atom. The summed E-state index contributed by atoms with van der Waals surface area (Å²) >= 11 is 0. The van der Waals surface area contributed by atoms with Gasteiger partial charge in [-0.25, -0.2) is 9.59 Å². The van der Waals surface area contributed by atoms with Crippen molar-refractivity contribution in [3.63, 3.8) is 0 Å². The molecule has 2 aromatic rings. The van der Waals surface area contributed by atoms with Crippen LogP contribution in [0.2, 0.25) is 0 Å². The fraction of sp³-hybridized carbons (Fsp3) is 0.423. The number of nitrogens with one attached hydrogen (secondary N) is 1. The van der Waals surface area contributed by atoms with Gasteiger partial charge < -0.3 is 24.3 Å². The highest BCUT2D eigenvalue weighted by Gasteiger charge is 2.28. The van der Waals surface area contributed by atoms with Gasteiger partial charge in [0.15, 0.2) is 0 Å². The molecule has 0 saturated carbocycles. The number of nitrogens with zero attached hydrogens (tertiary/aromatic N) is 2. The molecule has 2 heterocycles. The monoisotopic (exact) mass is 467 g/mol. The SMILES string of the molecule is CCOC(=O)/C=C/c1ccc(NC(=O)c2cccn2C2CCN(C(=O)OC(C)(C)C)CC2)cc1. The number of esters is 1. The molecule has 0 radical (unpaired) electrons. The van der Waals surface area contributed by atoms with E-state index in [-0.39, 0.29) is 18.0 Å². The van der Waals surface area contributed by atoms with Crippen LogP contribution in [0.4, 0.5) is 10.5 Å². The van der Waals surface area contributed by atoms with Gasteiger partial charge in [0.1, 0.15) is 11.3 Å². The number of likely N-dealkylation sites (tertiary alicyclic amines) is 1. The second kappa shape index (κ2) is 11.0. The summed E-state index contributed by atoms with van der Waals surface area (Å²) in [4.78, 5) is 38.4. The minimum atomic E-state index is -0.519. The summed E-state index contributed by atoms with van der Waals surface area (Å²) in [5.74, 6) is -0.591. The van der Waals surface area contributed by atoms with Crippen LogP contribution < -0.4 is 5.32 Å². The van der Waals surface area contributed by atoms with Crippen molar-refractivity contribution in [1.29, 1.82) is 0 Å². The molecule has 8 nitrogen and oxygen atoms in total. The molecule has 182 valence electrons. The van der Waals surface area contributed by atoms with E-state index in [4.69, 9.17) is 9.47 Å². The number of hydrogen-bond donors (Lipinski definition) is 1. The van der Waals surface area contributed by atoms with Gasteiger partial charge in [0.2, 0.25) is 0 Å². The van der Waals surface area contributed by atoms with E-state index in [1.165, 1.54) is 6.08 Å². The molecular weight excluding hydrogens is 434 g/mol. The normalized spacial score (nSPS) is 14.8. The number of piperidine rings is 1. The molecule has 2 amide bonds. The van der Waals surface area contributed by atoms with Crippen LogP contribution in [-0.2, 0) is 14.3 Å². The van der Waals surface area contributed by atoms with Crippen LogP contribution in [0.3, 0.4) is 0 Å². The van der Waals surface area contributed by atoms with Crippen molar-refractivity contribution < 1.29 is 23.9 Å². The van der Waals surface area contributed by atoms with Crippen molar-refractivity contribution in [2.24, 2.45) is 0 Å². The van der Waals surface area contributed by atoms with Gasteiger partial charge in [0.25, 0.3) is 5.91 Å². The predicted molar refractivity (Wildman–Crippen MR) is 131 cm³/mol. The van der Waals surface area contributed by atoms with E-state index in [2.05, 4.69) is 5.32 Å². The lowest BCUT2D eigenvalue weighted by molar-refractivity contribution is -0.137. The standard InChI is InChI=1S/C26H33N3O5/c1-5-33-23(30)13-10-19-8-11-20(12-9-19)27-24(31)22-7-6-16-29(22)21-14-17-28(18-15-21)25(32)34-26(2,3)4/h6-13,16,21H,5,14-15,17-18H2,1-4H3,(H,27,31)/b13-10+. The molecule has 1 aromatic carbocycles. The Labute approximate surface area is 200 Å². The number of anilines is 1. The molecular formula is C26H33N3O5. The van der Waals surface area contributed by atoms with Gasteiger partial charge in [-0.3, -0.25) is 4.79 Å². The largest absolute Gasteiger partial charge is 0.463 e. The van der Waals surface area contributed by atoms with E-state index < -0.39 is 11.6 Å². The summed E-state index contributed by atoms with van der Waals surface area (Å²) in [6.45, 7) is 8.83. The summed E-state index contributed by atoms with van der Waals surface area (Å²) in [5.41, 5.74) is 1.54. The number of amides is 2. The third-order valence-electron chi connectivity index (χ3n) is 5.39. The summed E-state index contributed by atoms with van der Waals surface area (Å²) in [5, 5.41) is 2.93. The third-order valence-corrected chi connectivity index (χ3v) is 5.39. The molecule has 1 aliphatic rings. The van der Waals surface area contributed by atoms with E-state index in [0.29, 0.717) is 31.1 Å². The highest BCUT2D eigenvalue weighted by molar-refractivity contribution is 6.03. The van der Waals surface area contributed by atoms with E-state index >= 15 is 0 Å². The maximum Gasteiger partial charge on any atom is 0.410 e. The Morgan fingerprint density at radius 2 is 1.76 bits per heavy atom. The Kier molecular flexibility index (Phi) is 8.15. The fourth-order valence-corrected chi connectivity index (χ4v) is 3.79. The van der Waals surface area contributed by atoms with Crippen LogP contribution >= 0.6 is 0 Å². The molecule has 3 rings (SSSR count). The topological polar surface area (TPSA) is 89.9 Å². The van der Waals surface area contributed by atoms with Gasteiger partial charge in [0, 0.05) is 37.1 Å². The minimum Gasteiger partial charge on any atom is -0.463 e. The average Bonchev–Trinajstić information content (AvgIpc) is 3.28. The first kappa shape index (κ1) is 25.1. The quantitative estimate of drug-likeness (QED) is 0.483. The first-order valence-electron chi connectivity index (χ1n) is 11.6. The van der Waals surface area contributed by atoms with Crippen molar-refractivity contribution in [1.82, 2.24) is 9.47 Å². The minimum absolute atomic E-state index is 0.129. The Morgan fingerprint density at radius 1 is 1.09 bits per heavy atom. The molecule has 1 aliphatic heterocycles. The molecule has 0 spiro atoms. The van der Waals surface area contributed by atoms with Crippen LogP contribution in [0.25, 0.3) is 6.08 Å². The van der Waals surface area contributed by atoms with Gasteiger partial charge in [-0.15, -0.1) is 0 Å². The van der Waals surface area contributed by atoms with Crippen molar-refractivity contribution in [2.45, 2.75) is 52.2 Å².